The molecule has 0 heterocycles. The summed E-state index contributed by atoms with van der Waals surface area (Å²) in [6.07, 6.45) is 0. The number of rotatable bonds is 3. The van der Waals surface area contributed by atoms with Gasteiger partial charge in [0, 0.05) is 13.2 Å². The van der Waals surface area contributed by atoms with Gasteiger partial charge in [0.2, 0.25) is 0 Å². The third kappa shape index (κ3) is 12.0. The third-order valence-corrected chi connectivity index (χ3v) is 1.20. The minimum absolute atomic E-state index is 0. The summed E-state index contributed by atoms with van der Waals surface area (Å²) in [5.74, 6) is 0. The zero-order valence-electron chi connectivity index (χ0n) is 9.66. The van der Waals surface area contributed by atoms with Crippen LogP contribution in [0.2, 0.25) is 0 Å². The van der Waals surface area contributed by atoms with Crippen molar-refractivity contribution in [2.75, 3.05) is 6.61 Å². The molecule has 0 fully saturated rings. The number of hydrogen-bond acceptors (Lipinski definition) is 1. The van der Waals surface area contributed by atoms with Crippen molar-refractivity contribution in [1.82, 2.24) is 0 Å². The van der Waals surface area contributed by atoms with Crippen LogP contribution in [0, 0.1) is 21.8 Å². The van der Waals surface area contributed by atoms with Gasteiger partial charge in [-0.3, -0.25) is 0 Å². The van der Waals surface area contributed by atoms with Crippen LogP contribution >= 0.6 is 0 Å². The topological polar surface area (TPSA) is 9.23 Å². The third-order valence-electron chi connectivity index (χ3n) is 1.20. The van der Waals surface area contributed by atoms with Gasteiger partial charge in [-0.2, -0.15) is 19.1 Å². The predicted molar refractivity (Wildman–Crippen MR) is 61.2 cm³/mol. The Hall–Kier alpha value is -0.00169. The molecular weight excluding hydrogens is 355 g/mol. The van der Waals surface area contributed by atoms with E-state index in [0.29, 0.717) is 0 Å². The molecule has 1 rings (SSSR count). The van der Waals surface area contributed by atoms with Crippen molar-refractivity contribution in [3.8, 4) is 0 Å². The first-order valence-corrected chi connectivity index (χ1v) is 3.92. The largest absolute Gasteiger partial charge is 4.00 e. The van der Waals surface area contributed by atoms with Gasteiger partial charge >= 0.3 is 21.1 Å². The molecule has 1 aromatic rings. The fourth-order valence-corrected chi connectivity index (χ4v) is 0.730. The van der Waals surface area contributed by atoms with Crippen LogP contribution in [0.4, 0.5) is 0 Å². The van der Waals surface area contributed by atoms with Crippen molar-refractivity contribution < 1.29 is 25.8 Å². The van der Waals surface area contributed by atoms with Crippen molar-refractivity contribution in [3.63, 3.8) is 0 Å². The Labute approximate surface area is 104 Å². The Morgan fingerprint density at radius 2 is 1.57 bits per heavy atom. The minimum Gasteiger partial charge on any atom is -0.389 e. The van der Waals surface area contributed by atoms with Gasteiger partial charge in [0.1, 0.15) is 0 Å². The Bertz CT molecular complexity index is 147. The Morgan fingerprint density at radius 3 is 1.93 bits per heavy atom. The van der Waals surface area contributed by atoms with E-state index < -0.39 is 0 Å². The molecule has 0 aliphatic rings. The average Bonchev–Trinajstić information content (AvgIpc) is 2.57. The second-order valence-corrected chi connectivity index (χ2v) is 1.93. The van der Waals surface area contributed by atoms with Gasteiger partial charge in [0.15, 0.2) is 0 Å². The summed E-state index contributed by atoms with van der Waals surface area (Å²) in [5.41, 5.74) is 1.26. The molecule has 0 N–H and O–H groups in total. The average molecular weight is 377 g/mol. The van der Waals surface area contributed by atoms with Crippen molar-refractivity contribution in [2.24, 2.45) is 0 Å². The molecule has 0 aromatic heterocycles. The van der Waals surface area contributed by atoms with E-state index in [1.54, 1.807) is 6.92 Å². The van der Waals surface area contributed by atoms with Gasteiger partial charge in [-0.15, -0.1) is 5.56 Å². The van der Waals surface area contributed by atoms with E-state index in [9.17, 15) is 0 Å². The summed E-state index contributed by atoms with van der Waals surface area (Å²) in [4.78, 5) is 0. The molecule has 0 unspecified atom stereocenters. The zero-order chi connectivity index (χ0) is 8.53. The molecule has 14 heavy (non-hydrogen) atoms. The van der Waals surface area contributed by atoms with E-state index in [1.807, 2.05) is 19.1 Å². The van der Waals surface area contributed by atoms with Crippen LogP contribution in [-0.2, 0) is 32.4 Å². The van der Waals surface area contributed by atoms with E-state index in [1.165, 1.54) is 5.56 Å². The minimum atomic E-state index is 0. The molecular formula is C12H22OPt. The van der Waals surface area contributed by atoms with Crippen LogP contribution in [0.3, 0.4) is 0 Å². The van der Waals surface area contributed by atoms with E-state index in [-0.39, 0.29) is 35.9 Å². The van der Waals surface area contributed by atoms with E-state index in [4.69, 9.17) is 4.74 Å². The first-order valence-electron chi connectivity index (χ1n) is 3.92. The van der Waals surface area contributed by atoms with Crippen molar-refractivity contribution >= 4 is 0 Å². The van der Waals surface area contributed by atoms with Gasteiger partial charge in [-0.25, -0.2) is 12.1 Å². The van der Waals surface area contributed by atoms with E-state index in [2.05, 4.69) is 19.1 Å². The van der Waals surface area contributed by atoms with Crippen LogP contribution < -0.4 is 0 Å². The van der Waals surface area contributed by atoms with Crippen molar-refractivity contribution in [1.29, 1.82) is 0 Å². The van der Waals surface area contributed by atoms with Gasteiger partial charge in [0.05, 0.1) is 0 Å². The Kier molecular flexibility index (Phi) is 31.6. The van der Waals surface area contributed by atoms with Crippen LogP contribution in [0.1, 0.15) is 19.4 Å². The number of ether oxygens (including phenoxy) is 1. The normalized spacial score (nSPS) is 6.79. The summed E-state index contributed by atoms with van der Waals surface area (Å²) in [7, 11) is 0. The molecule has 0 amide bonds. The van der Waals surface area contributed by atoms with Crippen LogP contribution in [0.5, 0.6) is 0 Å². The first-order chi connectivity index (χ1) is 5.43. The maximum absolute atomic E-state index is 5.18. The monoisotopic (exact) mass is 377 g/mol. The van der Waals surface area contributed by atoms with Crippen molar-refractivity contribution in [2.45, 2.75) is 20.5 Å². The summed E-state index contributed by atoms with van der Waals surface area (Å²) in [6, 6.07) is 8.17. The molecule has 2 heteroatoms. The smallest absolute Gasteiger partial charge is 0.389 e. The molecule has 0 aliphatic heterocycles. The molecule has 0 radical (unpaired) electrons. The SMILES string of the molecule is CCOC[c-]1cccc1.[CH2-]C.[CH3-].[CH3-].[Pt+4]. The zero-order valence-corrected chi connectivity index (χ0v) is 11.9. The van der Waals surface area contributed by atoms with Gasteiger partial charge in [-0.1, -0.05) is 0 Å². The van der Waals surface area contributed by atoms with Gasteiger partial charge < -0.3 is 26.5 Å². The van der Waals surface area contributed by atoms with Crippen LogP contribution in [0.25, 0.3) is 0 Å². The van der Waals surface area contributed by atoms with E-state index >= 15 is 0 Å². The molecule has 1 nitrogen and oxygen atoms in total. The quantitative estimate of drug-likeness (QED) is 0.731. The van der Waals surface area contributed by atoms with Crippen LogP contribution in [0.15, 0.2) is 24.3 Å². The fourth-order valence-electron chi connectivity index (χ4n) is 0.730. The second kappa shape index (κ2) is 18.7. The second-order valence-electron chi connectivity index (χ2n) is 1.93. The maximum Gasteiger partial charge on any atom is 4.00 e. The van der Waals surface area contributed by atoms with Gasteiger partial charge in [0.25, 0.3) is 0 Å². The molecule has 0 aliphatic carbocycles. The molecule has 0 atom stereocenters. The predicted octanol–water partition coefficient (Wildman–Crippen LogP) is 3.68. The molecule has 0 saturated carbocycles. The summed E-state index contributed by atoms with van der Waals surface area (Å²) < 4.78 is 5.18. The fraction of sp³-hybridized carbons (Fsp3) is 0.333. The summed E-state index contributed by atoms with van der Waals surface area (Å²) >= 11 is 0. The summed E-state index contributed by atoms with van der Waals surface area (Å²) in [5, 5.41) is 0. The molecule has 0 spiro atoms. The molecule has 86 valence electrons. The molecule has 0 bridgehead atoms. The first kappa shape index (κ1) is 23.7. The Morgan fingerprint density at radius 1 is 1.14 bits per heavy atom. The standard InChI is InChI=1S/C8H11O.C2H5.2CH3.Pt/c1-2-9-7-8-5-3-4-6-8;1-2;;;/h3-6H,2,7H2,1H3;1H2,2H3;2*1H3;/q4*-1;+4. The molecule has 1 aromatic carbocycles. The number of hydrogen-bond donors (Lipinski definition) is 0. The van der Waals surface area contributed by atoms with Gasteiger partial charge in [-0.05, 0) is 6.92 Å². The van der Waals surface area contributed by atoms with E-state index in [0.717, 1.165) is 13.2 Å². The Balaban J connectivity index is -0.0000000942. The van der Waals surface area contributed by atoms with Crippen molar-refractivity contribution in [3.05, 3.63) is 51.6 Å². The maximum atomic E-state index is 5.18. The van der Waals surface area contributed by atoms with Crippen LogP contribution in [-0.4, -0.2) is 6.61 Å². The summed E-state index contributed by atoms with van der Waals surface area (Å²) in [6.45, 7) is 8.55. The molecule has 0 saturated heterocycles.